The van der Waals surface area contributed by atoms with Gasteiger partial charge in [0.1, 0.15) is 4.90 Å². The third kappa shape index (κ3) is 3.22. The van der Waals surface area contributed by atoms with Crippen LogP contribution < -0.4 is 16.0 Å². The first kappa shape index (κ1) is 14.6. The second-order valence-corrected chi connectivity index (χ2v) is 7.33. The van der Waals surface area contributed by atoms with Gasteiger partial charge in [-0.05, 0) is 31.2 Å². The van der Waals surface area contributed by atoms with Gasteiger partial charge in [0.2, 0.25) is 10.0 Å². The molecule has 5 nitrogen and oxygen atoms in total. The number of para-hydroxylation sites is 1. The molecule has 2 atom stereocenters. The van der Waals surface area contributed by atoms with Gasteiger partial charge >= 0.3 is 0 Å². The number of benzene rings is 1. The minimum Gasteiger partial charge on any atom is -0.323 e. The van der Waals surface area contributed by atoms with Gasteiger partial charge in [0.15, 0.2) is 0 Å². The van der Waals surface area contributed by atoms with E-state index in [0.29, 0.717) is 10.9 Å². The summed E-state index contributed by atoms with van der Waals surface area (Å²) in [5.41, 5.74) is 2.84. The van der Waals surface area contributed by atoms with Crippen molar-refractivity contribution in [1.29, 1.82) is 0 Å². The Hall–Kier alpha value is -0.760. The summed E-state index contributed by atoms with van der Waals surface area (Å²) >= 11 is 1.72. The van der Waals surface area contributed by atoms with Gasteiger partial charge in [-0.25, -0.2) is 13.1 Å². The summed E-state index contributed by atoms with van der Waals surface area (Å²) in [7, 11) is -3.54. The molecule has 1 aliphatic rings. The first-order valence-corrected chi connectivity index (χ1v) is 8.96. The number of nitrogens with two attached hydrogens (primary N) is 1. The summed E-state index contributed by atoms with van der Waals surface area (Å²) < 4.78 is 27.6. The molecule has 0 aromatic heterocycles. The molecule has 1 aromatic rings. The van der Waals surface area contributed by atoms with Crippen molar-refractivity contribution in [2.24, 2.45) is 5.84 Å². The van der Waals surface area contributed by atoms with Gasteiger partial charge in [0.05, 0.1) is 5.69 Å². The largest absolute Gasteiger partial charge is 0.323 e. The Balaban J connectivity index is 2.23. The third-order valence-corrected chi connectivity index (χ3v) is 6.11. The van der Waals surface area contributed by atoms with Crippen LogP contribution >= 0.6 is 11.8 Å². The van der Waals surface area contributed by atoms with Crippen LogP contribution in [0.25, 0.3) is 0 Å². The van der Waals surface area contributed by atoms with Crippen molar-refractivity contribution < 1.29 is 8.42 Å². The molecule has 1 fully saturated rings. The summed E-state index contributed by atoms with van der Waals surface area (Å²) in [5.74, 6) is 5.36. The van der Waals surface area contributed by atoms with E-state index in [1.165, 1.54) is 0 Å². The zero-order valence-corrected chi connectivity index (χ0v) is 12.4. The van der Waals surface area contributed by atoms with Crippen LogP contribution in [-0.2, 0) is 10.0 Å². The van der Waals surface area contributed by atoms with E-state index < -0.39 is 10.0 Å². The van der Waals surface area contributed by atoms with Crippen LogP contribution in [0.4, 0.5) is 5.69 Å². The quantitative estimate of drug-likeness (QED) is 0.567. The molecule has 0 radical (unpaired) electrons. The molecule has 1 saturated carbocycles. The molecular weight excluding hydrogens is 282 g/mol. The lowest BCUT2D eigenvalue weighted by molar-refractivity contribution is 0.555. The average Bonchev–Trinajstić information content (AvgIpc) is 2.85. The fourth-order valence-corrected chi connectivity index (χ4v) is 4.93. The highest BCUT2D eigenvalue weighted by Gasteiger charge is 2.31. The SMILES string of the molecule is CSC1CCCC1NS(=O)(=O)c1ccccc1NN. The van der Waals surface area contributed by atoms with Crippen molar-refractivity contribution in [3.8, 4) is 0 Å². The number of hydrazine groups is 1. The fourth-order valence-electron chi connectivity index (χ4n) is 2.43. The van der Waals surface area contributed by atoms with Crippen LogP contribution in [0.1, 0.15) is 19.3 Å². The van der Waals surface area contributed by atoms with E-state index in [9.17, 15) is 8.42 Å². The number of hydrogen-bond donors (Lipinski definition) is 3. The lowest BCUT2D eigenvalue weighted by atomic mass is 10.3. The van der Waals surface area contributed by atoms with E-state index in [-0.39, 0.29) is 10.9 Å². The number of anilines is 1. The molecule has 0 aliphatic heterocycles. The van der Waals surface area contributed by atoms with Crippen molar-refractivity contribution >= 4 is 27.5 Å². The van der Waals surface area contributed by atoms with Gasteiger partial charge in [-0.1, -0.05) is 18.6 Å². The summed E-state index contributed by atoms with van der Waals surface area (Å²) in [4.78, 5) is 0.198. The Labute approximate surface area is 118 Å². The Morgan fingerprint density at radius 3 is 2.74 bits per heavy atom. The van der Waals surface area contributed by atoms with Crippen molar-refractivity contribution in [2.45, 2.75) is 35.4 Å². The summed E-state index contributed by atoms with van der Waals surface area (Å²) in [6, 6.07) is 6.64. The monoisotopic (exact) mass is 301 g/mol. The zero-order chi connectivity index (χ0) is 13.9. The Bertz CT molecular complexity index is 534. The Morgan fingerprint density at radius 2 is 2.05 bits per heavy atom. The number of nitrogens with one attached hydrogen (secondary N) is 2. The molecule has 1 aliphatic carbocycles. The summed E-state index contributed by atoms with van der Waals surface area (Å²) in [6.07, 6.45) is 5.04. The second kappa shape index (κ2) is 6.13. The molecule has 0 spiro atoms. The van der Waals surface area contributed by atoms with Crippen LogP contribution in [0.2, 0.25) is 0 Å². The average molecular weight is 301 g/mol. The minimum atomic E-state index is -3.54. The molecule has 0 bridgehead atoms. The predicted molar refractivity (Wildman–Crippen MR) is 79.5 cm³/mol. The molecule has 7 heteroatoms. The second-order valence-electron chi connectivity index (χ2n) is 4.57. The Morgan fingerprint density at radius 1 is 1.32 bits per heavy atom. The maximum absolute atomic E-state index is 12.4. The van der Waals surface area contributed by atoms with E-state index in [1.54, 1.807) is 36.0 Å². The van der Waals surface area contributed by atoms with Crippen LogP contribution in [0.3, 0.4) is 0 Å². The number of hydrogen-bond acceptors (Lipinski definition) is 5. The van der Waals surface area contributed by atoms with Gasteiger partial charge in [0, 0.05) is 11.3 Å². The molecule has 0 heterocycles. The first-order valence-electron chi connectivity index (χ1n) is 6.19. The van der Waals surface area contributed by atoms with Gasteiger partial charge in [-0.2, -0.15) is 11.8 Å². The van der Waals surface area contributed by atoms with Crippen molar-refractivity contribution in [1.82, 2.24) is 4.72 Å². The van der Waals surface area contributed by atoms with Crippen molar-refractivity contribution in [3.63, 3.8) is 0 Å². The normalized spacial score (nSPS) is 23.5. The lowest BCUT2D eigenvalue weighted by Gasteiger charge is -2.20. The zero-order valence-electron chi connectivity index (χ0n) is 10.8. The van der Waals surface area contributed by atoms with Gasteiger partial charge in [0.25, 0.3) is 0 Å². The maximum atomic E-state index is 12.4. The van der Waals surface area contributed by atoms with E-state index in [1.807, 2.05) is 6.26 Å². The summed E-state index contributed by atoms with van der Waals surface area (Å²) in [6.45, 7) is 0. The highest BCUT2D eigenvalue weighted by Crippen LogP contribution is 2.30. The van der Waals surface area contributed by atoms with Crippen LogP contribution in [0, 0.1) is 0 Å². The van der Waals surface area contributed by atoms with Crippen LogP contribution in [-0.4, -0.2) is 26.0 Å². The smallest absolute Gasteiger partial charge is 0.242 e. The third-order valence-electron chi connectivity index (χ3n) is 3.39. The first-order chi connectivity index (χ1) is 9.08. The molecule has 0 amide bonds. The number of nitrogen functional groups attached to an aromatic ring is 1. The van der Waals surface area contributed by atoms with E-state index >= 15 is 0 Å². The summed E-state index contributed by atoms with van der Waals surface area (Å²) in [5, 5.41) is 0.354. The molecule has 2 unspecified atom stereocenters. The van der Waals surface area contributed by atoms with E-state index in [4.69, 9.17) is 5.84 Å². The highest BCUT2D eigenvalue weighted by molar-refractivity contribution is 7.99. The van der Waals surface area contributed by atoms with Gasteiger partial charge in [-0.3, -0.25) is 5.84 Å². The number of sulfonamides is 1. The minimum absolute atomic E-state index is 0.00540. The molecular formula is C12H19N3O2S2. The van der Waals surface area contributed by atoms with Crippen LogP contribution in [0.5, 0.6) is 0 Å². The number of thioether (sulfide) groups is 1. The molecule has 1 aromatic carbocycles. The lowest BCUT2D eigenvalue weighted by Crippen LogP contribution is -2.38. The van der Waals surface area contributed by atoms with Gasteiger partial charge < -0.3 is 5.43 Å². The topological polar surface area (TPSA) is 84.2 Å². The molecule has 4 N–H and O–H groups in total. The van der Waals surface area contributed by atoms with Crippen LogP contribution in [0.15, 0.2) is 29.2 Å². The van der Waals surface area contributed by atoms with E-state index in [0.717, 1.165) is 19.3 Å². The standard InChI is InChI=1S/C12H19N3O2S2/c1-18-11-7-4-6-9(11)15-19(16,17)12-8-3-2-5-10(12)14-13/h2-3,5,8-9,11,14-15H,4,6-7,13H2,1H3. The highest BCUT2D eigenvalue weighted by atomic mass is 32.2. The molecule has 2 rings (SSSR count). The maximum Gasteiger partial charge on any atom is 0.242 e. The predicted octanol–water partition coefficient (Wildman–Crippen LogP) is 1.53. The fraction of sp³-hybridized carbons (Fsp3) is 0.500. The van der Waals surface area contributed by atoms with Crippen molar-refractivity contribution in [2.75, 3.05) is 11.7 Å². The number of rotatable bonds is 5. The van der Waals surface area contributed by atoms with E-state index in [2.05, 4.69) is 10.1 Å². The van der Waals surface area contributed by atoms with Crippen molar-refractivity contribution in [3.05, 3.63) is 24.3 Å². The molecule has 106 valence electrons. The van der Waals surface area contributed by atoms with Gasteiger partial charge in [-0.15, -0.1) is 0 Å². The molecule has 19 heavy (non-hydrogen) atoms. The Kier molecular flexibility index (Phi) is 4.72. The molecule has 0 saturated heterocycles.